The summed E-state index contributed by atoms with van der Waals surface area (Å²) in [7, 11) is 0. The Labute approximate surface area is 157 Å². The fourth-order valence-electron chi connectivity index (χ4n) is 4.27. The van der Waals surface area contributed by atoms with Gasteiger partial charge in [-0.05, 0) is 49.8 Å². The summed E-state index contributed by atoms with van der Waals surface area (Å²) in [6.45, 7) is 4.08. The van der Waals surface area contributed by atoms with E-state index in [0.717, 1.165) is 28.0 Å². The molecule has 27 heavy (non-hydrogen) atoms. The van der Waals surface area contributed by atoms with Crippen molar-refractivity contribution in [3.8, 4) is 11.5 Å². The van der Waals surface area contributed by atoms with Crippen LogP contribution in [-0.2, 0) is 5.60 Å². The minimum absolute atomic E-state index is 0.278. The third-order valence-electron chi connectivity index (χ3n) is 5.48. The number of fused-ring (bicyclic) bond motifs is 3. The van der Waals surface area contributed by atoms with E-state index in [2.05, 4.69) is 18.2 Å². The molecular weight excluding hydrogens is 339 g/mol. The van der Waals surface area contributed by atoms with Crippen molar-refractivity contribution < 1.29 is 13.9 Å². The number of halogens is 1. The van der Waals surface area contributed by atoms with Crippen molar-refractivity contribution in [1.82, 2.24) is 0 Å². The predicted octanol–water partition coefficient (Wildman–Crippen LogP) is 5.83. The van der Waals surface area contributed by atoms with Crippen LogP contribution < -0.4 is 9.47 Å². The Balaban J connectivity index is 1.85. The molecule has 0 aromatic heterocycles. The van der Waals surface area contributed by atoms with Gasteiger partial charge in [-0.3, -0.25) is 0 Å². The fourth-order valence-corrected chi connectivity index (χ4v) is 4.27. The lowest BCUT2D eigenvalue weighted by atomic mass is 9.71. The van der Waals surface area contributed by atoms with Gasteiger partial charge in [0.15, 0.2) is 5.60 Å². The van der Waals surface area contributed by atoms with E-state index in [1.165, 1.54) is 12.1 Å². The van der Waals surface area contributed by atoms with E-state index >= 15 is 0 Å². The molecule has 2 aliphatic rings. The topological polar surface area (TPSA) is 18.5 Å². The van der Waals surface area contributed by atoms with E-state index in [1.54, 1.807) is 6.07 Å². The monoisotopic (exact) mass is 358 g/mol. The normalized spacial score (nSPS) is 21.7. The standard InChI is InChI=1S/C24H19FO2/c1-23(2)24(19-10-6-7-11-22(19)26-23)20(16-8-4-3-5-9-16)15-17-14-18(25)12-13-21(17)27-24/h3-15H,1-2H3. The van der Waals surface area contributed by atoms with Crippen LogP contribution in [0.3, 0.4) is 0 Å². The van der Waals surface area contributed by atoms with Gasteiger partial charge in [-0.15, -0.1) is 0 Å². The van der Waals surface area contributed by atoms with Crippen molar-refractivity contribution in [2.24, 2.45) is 0 Å². The van der Waals surface area contributed by atoms with Crippen molar-refractivity contribution in [3.05, 3.63) is 95.3 Å². The summed E-state index contributed by atoms with van der Waals surface area (Å²) in [5.74, 6) is 1.19. The number of benzene rings is 3. The highest BCUT2D eigenvalue weighted by Gasteiger charge is 2.60. The summed E-state index contributed by atoms with van der Waals surface area (Å²) < 4.78 is 26.9. The fraction of sp³-hybridized carbons (Fsp3) is 0.167. The van der Waals surface area contributed by atoms with Crippen molar-refractivity contribution in [2.75, 3.05) is 0 Å². The van der Waals surface area contributed by atoms with Gasteiger partial charge in [-0.25, -0.2) is 4.39 Å². The second kappa shape index (κ2) is 5.46. The smallest absolute Gasteiger partial charge is 0.202 e. The lowest BCUT2D eigenvalue weighted by Gasteiger charge is -2.44. The zero-order valence-electron chi connectivity index (χ0n) is 15.2. The molecule has 0 saturated heterocycles. The first kappa shape index (κ1) is 16.1. The zero-order chi connectivity index (χ0) is 18.6. The van der Waals surface area contributed by atoms with E-state index in [0.29, 0.717) is 5.75 Å². The number of para-hydroxylation sites is 1. The van der Waals surface area contributed by atoms with Crippen LogP contribution in [0.1, 0.15) is 30.5 Å². The highest BCUT2D eigenvalue weighted by Crippen LogP contribution is 2.59. The minimum atomic E-state index is -0.824. The van der Waals surface area contributed by atoms with E-state index in [4.69, 9.17) is 9.47 Å². The van der Waals surface area contributed by atoms with Gasteiger partial charge in [0.05, 0.1) is 0 Å². The summed E-state index contributed by atoms with van der Waals surface area (Å²) in [5.41, 5.74) is 2.25. The maximum absolute atomic E-state index is 13.9. The molecule has 2 nitrogen and oxygen atoms in total. The van der Waals surface area contributed by atoms with Crippen molar-refractivity contribution in [1.29, 1.82) is 0 Å². The van der Waals surface area contributed by atoms with Crippen LogP contribution in [0.5, 0.6) is 11.5 Å². The van der Waals surface area contributed by atoms with Crippen LogP contribution in [-0.4, -0.2) is 5.60 Å². The molecule has 3 aromatic carbocycles. The molecule has 134 valence electrons. The summed E-state index contributed by atoms with van der Waals surface area (Å²) >= 11 is 0. The van der Waals surface area contributed by atoms with Gasteiger partial charge in [0.1, 0.15) is 17.3 Å². The van der Waals surface area contributed by atoms with Crippen LogP contribution in [0.2, 0.25) is 0 Å². The molecule has 2 aliphatic heterocycles. The van der Waals surface area contributed by atoms with Gasteiger partial charge in [-0.2, -0.15) is 0 Å². The number of hydrogen-bond acceptors (Lipinski definition) is 2. The Morgan fingerprint density at radius 3 is 2.33 bits per heavy atom. The quantitative estimate of drug-likeness (QED) is 0.545. The Bertz CT molecular complexity index is 1070. The van der Waals surface area contributed by atoms with Crippen LogP contribution in [0.15, 0.2) is 72.8 Å². The average Bonchev–Trinajstić information content (AvgIpc) is 2.89. The predicted molar refractivity (Wildman–Crippen MR) is 104 cm³/mol. The van der Waals surface area contributed by atoms with Gasteiger partial charge < -0.3 is 9.47 Å². The third-order valence-corrected chi connectivity index (χ3v) is 5.48. The Hall–Kier alpha value is -3.07. The first-order valence-electron chi connectivity index (χ1n) is 9.06. The molecular formula is C24H19FO2. The summed E-state index contributed by atoms with van der Waals surface area (Å²) in [6.07, 6.45) is 2.03. The first-order chi connectivity index (χ1) is 13.0. The van der Waals surface area contributed by atoms with Crippen LogP contribution >= 0.6 is 0 Å². The molecule has 0 N–H and O–H groups in total. The molecule has 0 amide bonds. The van der Waals surface area contributed by atoms with Gasteiger partial charge in [0, 0.05) is 16.7 Å². The Morgan fingerprint density at radius 1 is 0.778 bits per heavy atom. The molecule has 1 atom stereocenters. The van der Waals surface area contributed by atoms with Gasteiger partial charge in [-0.1, -0.05) is 48.5 Å². The van der Waals surface area contributed by atoms with Gasteiger partial charge >= 0.3 is 0 Å². The van der Waals surface area contributed by atoms with E-state index in [9.17, 15) is 4.39 Å². The molecule has 0 radical (unpaired) electrons. The number of hydrogen-bond donors (Lipinski definition) is 0. The van der Waals surface area contributed by atoms with Crippen LogP contribution in [0, 0.1) is 5.82 Å². The molecule has 1 unspecified atom stereocenters. The first-order valence-corrected chi connectivity index (χ1v) is 9.06. The SMILES string of the molecule is CC1(C)Oc2ccccc2C12Oc1ccc(F)cc1C=C2c1ccccc1. The maximum Gasteiger partial charge on any atom is 0.202 e. The van der Waals surface area contributed by atoms with Crippen LogP contribution in [0.4, 0.5) is 4.39 Å². The summed E-state index contributed by atoms with van der Waals surface area (Å²) in [5, 5.41) is 0. The second-order valence-electron chi connectivity index (χ2n) is 7.50. The molecule has 3 heteroatoms. The van der Waals surface area contributed by atoms with E-state index in [-0.39, 0.29) is 5.82 Å². The minimum Gasteiger partial charge on any atom is -0.482 e. The number of rotatable bonds is 1. The molecule has 0 bridgehead atoms. The summed E-state index contributed by atoms with van der Waals surface area (Å²) in [4.78, 5) is 0. The summed E-state index contributed by atoms with van der Waals surface area (Å²) in [6, 6.07) is 22.7. The third kappa shape index (κ3) is 2.18. The molecule has 0 saturated carbocycles. The van der Waals surface area contributed by atoms with E-state index < -0.39 is 11.2 Å². The lowest BCUT2D eigenvalue weighted by molar-refractivity contribution is -0.0337. The largest absolute Gasteiger partial charge is 0.482 e. The molecule has 1 spiro atoms. The molecule has 2 heterocycles. The molecule has 0 fully saturated rings. The Kier molecular flexibility index (Phi) is 3.26. The highest BCUT2D eigenvalue weighted by atomic mass is 19.1. The van der Waals surface area contributed by atoms with Crippen LogP contribution in [0.25, 0.3) is 11.6 Å². The average molecular weight is 358 g/mol. The highest BCUT2D eigenvalue weighted by molar-refractivity contribution is 5.92. The van der Waals surface area contributed by atoms with Crippen molar-refractivity contribution >= 4 is 11.6 Å². The molecule has 5 rings (SSSR count). The second-order valence-corrected chi connectivity index (χ2v) is 7.50. The molecule has 0 aliphatic carbocycles. The van der Waals surface area contributed by atoms with Crippen molar-refractivity contribution in [3.63, 3.8) is 0 Å². The number of ether oxygens (including phenoxy) is 2. The lowest BCUT2D eigenvalue weighted by Crippen LogP contribution is -2.52. The zero-order valence-corrected chi connectivity index (χ0v) is 15.2. The van der Waals surface area contributed by atoms with Gasteiger partial charge in [0.2, 0.25) is 5.60 Å². The maximum atomic E-state index is 13.9. The van der Waals surface area contributed by atoms with Gasteiger partial charge in [0.25, 0.3) is 0 Å². The van der Waals surface area contributed by atoms with Crippen molar-refractivity contribution in [2.45, 2.75) is 25.0 Å². The van der Waals surface area contributed by atoms with E-state index in [1.807, 2.05) is 56.3 Å². The molecule has 3 aromatic rings. The Morgan fingerprint density at radius 2 is 1.52 bits per heavy atom.